The number of aromatic nitrogens is 2. The molecular weight excluding hydrogens is 567 g/mol. The van der Waals surface area contributed by atoms with Crippen molar-refractivity contribution in [2.24, 2.45) is 0 Å². The van der Waals surface area contributed by atoms with Crippen LogP contribution in [0.15, 0.2) is 72.8 Å². The maximum Gasteiger partial charge on any atom is 0.258 e. The molecule has 1 aromatic heterocycles. The Labute approximate surface area is 245 Å². The molecule has 4 aromatic carbocycles. The number of carbonyl (C=O) groups excluding carboxylic acids is 2. The second kappa shape index (κ2) is 11.8. The van der Waals surface area contributed by atoms with Gasteiger partial charge in [-0.2, -0.15) is 0 Å². The van der Waals surface area contributed by atoms with Crippen LogP contribution in [0.1, 0.15) is 20.7 Å². The molecule has 0 bridgehead atoms. The molecule has 2 amide bonds. The third-order valence-corrected chi connectivity index (χ3v) is 6.90. The van der Waals surface area contributed by atoms with E-state index in [1.54, 1.807) is 54.6 Å². The van der Waals surface area contributed by atoms with Crippen molar-refractivity contribution >= 4 is 57.4 Å². The van der Waals surface area contributed by atoms with Crippen molar-refractivity contribution in [2.75, 3.05) is 32.0 Å². The number of H-pyrrole nitrogens is 1. The summed E-state index contributed by atoms with van der Waals surface area (Å²) < 4.78 is 16.0. The van der Waals surface area contributed by atoms with E-state index in [4.69, 9.17) is 37.4 Å². The SMILES string of the molecule is COc1cc(C(=O)Nc2ccc3nc(-c4ccc(NC(=O)c5c(Cl)cccc5Cl)cc4)[nH]c3c2)cc(OC)c1OC. The second-order valence-electron chi connectivity index (χ2n) is 8.81. The first-order valence-electron chi connectivity index (χ1n) is 12.3. The number of amides is 2. The number of benzene rings is 4. The van der Waals surface area contributed by atoms with Crippen molar-refractivity contribution < 1.29 is 23.8 Å². The van der Waals surface area contributed by atoms with Crippen molar-refractivity contribution in [3.05, 3.63) is 94.0 Å². The predicted octanol–water partition coefficient (Wildman–Crippen LogP) is 7.07. The normalized spacial score (nSPS) is 10.8. The number of imidazole rings is 1. The van der Waals surface area contributed by atoms with E-state index in [-0.39, 0.29) is 21.5 Å². The average Bonchev–Trinajstić information content (AvgIpc) is 3.40. The monoisotopic (exact) mass is 590 g/mol. The van der Waals surface area contributed by atoms with Gasteiger partial charge in [0.2, 0.25) is 5.75 Å². The number of ether oxygens (including phenoxy) is 3. The Balaban J connectivity index is 1.32. The van der Waals surface area contributed by atoms with E-state index >= 15 is 0 Å². The van der Waals surface area contributed by atoms with Gasteiger partial charge in [0.1, 0.15) is 5.82 Å². The van der Waals surface area contributed by atoms with Crippen molar-refractivity contribution in [1.29, 1.82) is 0 Å². The van der Waals surface area contributed by atoms with Crippen LogP contribution in [-0.4, -0.2) is 43.1 Å². The van der Waals surface area contributed by atoms with Crippen LogP contribution in [-0.2, 0) is 0 Å². The predicted molar refractivity (Wildman–Crippen MR) is 160 cm³/mol. The van der Waals surface area contributed by atoms with Crippen molar-refractivity contribution in [3.63, 3.8) is 0 Å². The zero-order valence-electron chi connectivity index (χ0n) is 22.2. The fraction of sp³-hybridized carbons (Fsp3) is 0.100. The largest absolute Gasteiger partial charge is 0.493 e. The van der Waals surface area contributed by atoms with Crippen LogP contribution in [0.5, 0.6) is 17.2 Å². The Morgan fingerprint density at radius 3 is 1.98 bits per heavy atom. The lowest BCUT2D eigenvalue weighted by molar-refractivity contribution is 0.101. The van der Waals surface area contributed by atoms with E-state index in [0.29, 0.717) is 40.0 Å². The third kappa shape index (κ3) is 5.77. The van der Waals surface area contributed by atoms with Crippen LogP contribution in [0.4, 0.5) is 11.4 Å². The topological polar surface area (TPSA) is 115 Å². The highest BCUT2D eigenvalue weighted by Crippen LogP contribution is 2.38. The number of nitrogens with one attached hydrogen (secondary N) is 3. The summed E-state index contributed by atoms with van der Waals surface area (Å²) in [6.07, 6.45) is 0. The molecule has 3 N–H and O–H groups in total. The molecule has 0 radical (unpaired) electrons. The number of methoxy groups -OCH3 is 3. The van der Waals surface area contributed by atoms with Crippen molar-refractivity contribution in [2.45, 2.75) is 0 Å². The number of rotatable bonds is 8. The number of anilines is 2. The van der Waals surface area contributed by atoms with Crippen LogP contribution in [0, 0.1) is 0 Å². The van der Waals surface area contributed by atoms with Crippen LogP contribution < -0.4 is 24.8 Å². The molecule has 1 heterocycles. The molecule has 0 fully saturated rings. The molecule has 41 heavy (non-hydrogen) atoms. The van der Waals surface area contributed by atoms with Crippen LogP contribution in [0.3, 0.4) is 0 Å². The summed E-state index contributed by atoms with van der Waals surface area (Å²) in [5.41, 5.74) is 3.95. The molecular formula is C30H24Cl2N4O5. The number of fused-ring (bicyclic) bond motifs is 1. The summed E-state index contributed by atoms with van der Waals surface area (Å²) in [5.74, 6) is 1.03. The van der Waals surface area contributed by atoms with Gasteiger partial charge in [-0.3, -0.25) is 9.59 Å². The highest BCUT2D eigenvalue weighted by atomic mass is 35.5. The summed E-state index contributed by atoms with van der Waals surface area (Å²) in [5, 5.41) is 6.23. The first-order valence-corrected chi connectivity index (χ1v) is 13.0. The molecule has 0 saturated heterocycles. The van der Waals surface area contributed by atoms with Gasteiger partial charge in [-0.15, -0.1) is 0 Å². The molecule has 0 unspecified atom stereocenters. The van der Waals surface area contributed by atoms with E-state index in [0.717, 1.165) is 16.6 Å². The van der Waals surface area contributed by atoms with Crippen molar-refractivity contribution in [3.8, 4) is 28.6 Å². The molecule has 0 aliphatic carbocycles. The Morgan fingerprint density at radius 2 is 1.37 bits per heavy atom. The summed E-state index contributed by atoms with van der Waals surface area (Å²) in [7, 11) is 4.48. The fourth-order valence-electron chi connectivity index (χ4n) is 4.26. The number of aromatic amines is 1. The summed E-state index contributed by atoms with van der Waals surface area (Å²) in [6.45, 7) is 0. The van der Waals surface area contributed by atoms with Gasteiger partial charge in [0, 0.05) is 22.5 Å². The minimum atomic E-state index is -0.404. The van der Waals surface area contributed by atoms with Gasteiger partial charge in [0.15, 0.2) is 11.5 Å². The number of hydrogen-bond donors (Lipinski definition) is 3. The Hall–Kier alpha value is -4.73. The van der Waals surface area contributed by atoms with E-state index in [1.165, 1.54) is 21.3 Å². The number of carbonyl (C=O) groups is 2. The highest BCUT2D eigenvalue weighted by molar-refractivity contribution is 6.40. The first kappa shape index (κ1) is 27.8. The molecule has 0 aliphatic heterocycles. The molecule has 208 valence electrons. The Bertz CT molecular complexity index is 1720. The molecule has 0 spiro atoms. The maximum absolute atomic E-state index is 13.0. The van der Waals surface area contributed by atoms with E-state index in [1.807, 2.05) is 18.2 Å². The zero-order valence-corrected chi connectivity index (χ0v) is 23.7. The minimum Gasteiger partial charge on any atom is -0.493 e. The second-order valence-corrected chi connectivity index (χ2v) is 9.63. The zero-order chi connectivity index (χ0) is 29.1. The fourth-order valence-corrected chi connectivity index (χ4v) is 4.83. The lowest BCUT2D eigenvalue weighted by Crippen LogP contribution is -2.13. The highest BCUT2D eigenvalue weighted by Gasteiger charge is 2.18. The molecule has 9 nitrogen and oxygen atoms in total. The van der Waals surface area contributed by atoms with Crippen molar-refractivity contribution in [1.82, 2.24) is 9.97 Å². The third-order valence-electron chi connectivity index (χ3n) is 6.27. The molecule has 0 aliphatic rings. The Kier molecular flexibility index (Phi) is 8.00. The standard InChI is InChI=1S/C30H24Cl2N4O5/c1-39-24-13-17(14-25(40-2)27(24)41-3)29(37)34-19-11-12-22-23(15-19)36-28(35-22)16-7-9-18(10-8-16)33-30(38)26-20(31)5-4-6-21(26)32/h4-15H,1-3H3,(H,33,38)(H,34,37)(H,35,36). The van der Waals surface area contributed by atoms with E-state index in [2.05, 4.69) is 20.6 Å². The van der Waals surface area contributed by atoms with Gasteiger partial charge in [-0.25, -0.2) is 4.98 Å². The summed E-state index contributed by atoms with van der Waals surface area (Å²) >= 11 is 12.3. The lowest BCUT2D eigenvalue weighted by Gasteiger charge is -2.14. The maximum atomic E-state index is 13.0. The first-order chi connectivity index (χ1) is 19.8. The smallest absolute Gasteiger partial charge is 0.258 e. The van der Waals surface area contributed by atoms with Gasteiger partial charge in [0.05, 0.1) is 48.0 Å². The van der Waals surface area contributed by atoms with E-state index in [9.17, 15) is 9.59 Å². The molecule has 0 atom stereocenters. The summed E-state index contributed by atoms with van der Waals surface area (Å²) in [4.78, 5) is 33.6. The molecule has 5 aromatic rings. The number of halogens is 2. The quantitative estimate of drug-likeness (QED) is 0.178. The Morgan fingerprint density at radius 1 is 0.756 bits per heavy atom. The molecule has 5 rings (SSSR count). The van der Waals surface area contributed by atoms with Gasteiger partial charge in [-0.05, 0) is 66.7 Å². The average molecular weight is 591 g/mol. The number of hydrogen-bond acceptors (Lipinski definition) is 6. The van der Waals surface area contributed by atoms with Gasteiger partial charge in [0.25, 0.3) is 11.8 Å². The number of nitrogens with zero attached hydrogens (tertiary/aromatic N) is 1. The van der Waals surface area contributed by atoms with E-state index < -0.39 is 5.91 Å². The molecule has 0 saturated carbocycles. The van der Waals surface area contributed by atoms with Crippen LogP contribution in [0.2, 0.25) is 10.0 Å². The summed E-state index contributed by atoms with van der Waals surface area (Å²) in [6, 6.07) is 20.6. The van der Waals surface area contributed by atoms with Crippen LogP contribution >= 0.6 is 23.2 Å². The van der Waals surface area contributed by atoms with Gasteiger partial charge < -0.3 is 29.8 Å². The van der Waals surface area contributed by atoms with Crippen LogP contribution in [0.25, 0.3) is 22.4 Å². The minimum absolute atomic E-state index is 0.213. The lowest BCUT2D eigenvalue weighted by atomic mass is 10.1. The van der Waals surface area contributed by atoms with Gasteiger partial charge in [-0.1, -0.05) is 29.3 Å². The molecule has 11 heteroatoms. The van der Waals surface area contributed by atoms with Gasteiger partial charge >= 0.3 is 0 Å².